The Kier molecular flexibility index (Phi) is 5.04. The monoisotopic (exact) mass is 225 g/mol. The first-order valence-corrected chi connectivity index (χ1v) is 5.40. The van der Waals surface area contributed by atoms with Gasteiger partial charge in [-0.25, -0.2) is 0 Å². The highest BCUT2D eigenvalue weighted by molar-refractivity contribution is 7.81. The molecule has 82 valence electrons. The Morgan fingerprint density at radius 3 is 2.87 bits per heavy atom. The summed E-state index contributed by atoms with van der Waals surface area (Å²) in [4.78, 5) is 10.9. The zero-order chi connectivity index (χ0) is 11.1. The van der Waals surface area contributed by atoms with Crippen LogP contribution in [0.25, 0.3) is 0 Å². The molecule has 0 unspecified atom stereocenters. The van der Waals surface area contributed by atoms with E-state index in [9.17, 15) is 4.79 Å². The van der Waals surface area contributed by atoms with Gasteiger partial charge in [-0.15, -0.1) is 0 Å². The lowest BCUT2D eigenvalue weighted by Gasteiger charge is -2.08. The lowest BCUT2D eigenvalue weighted by Crippen LogP contribution is -2.26. The third-order valence-corrected chi connectivity index (χ3v) is 2.34. The Morgan fingerprint density at radius 1 is 1.47 bits per heavy atom. The summed E-state index contributed by atoms with van der Waals surface area (Å²) in [6, 6.07) is 7.79. The van der Waals surface area contributed by atoms with Crippen molar-refractivity contribution in [2.45, 2.75) is 6.42 Å². The van der Waals surface area contributed by atoms with E-state index in [0.29, 0.717) is 6.54 Å². The summed E-state index contributed by atoms with van der Waals surface area (Å²) in [6.07, 6.45) is 0.767. The standard InChI is InChI=1S/C11H15NO2S/c1-14-10-5-3-2-4-9(10)6-7-12-11(13)8-15/h2-5,15H,6-8H2,1H3,(H,12,13). The van der Waals surface area contributed by atoms with Gasteiger partial charge < -0.3 is 10.1 Å². The van der Waals surface area contributed by atoms with Gasteiger partial charge in [0.15, 0.2) is 0 Å². The largest absolute Gasteiger partial charge is 0.496 e. The van der Waals surface area contributed by atoms with E-state index in [1.807, 2.05) is 24.3 Å². The lowest BCUT2D eigenvalue weighted by atomic mass is 10.1. The molecule has 0 spiro atoms. The first kappa shape index (κ1) is 11.9. The van der Waals surface area contributed by atoms with Gasteiger partial charge in [-0.05, 0) is 18.1 Å². The molecular formula is C11H15NO2S. The fourth-order valence-electron chi connectivity index (χ4n) is 1.30. The zero-order valence-electron chi connectivity index (χ0n) is 8.69. The molecule has 0 atom stereocenters. The topological polar surface area (TPSA) is 38.3 Å². The van der Waals surface area contributed by atoms with Gasteiger partial charge in [0.25, 0.3) is 0 Å². The molecule has 0 aliphatic rings. The number of carbonyl (C=O) groups is 1. The lowest BCUT2D eigenvalue weighted by molar-refractivity contribution is -0.118. The van der Waals surface area contributed by atoms with Crippen LogP contribution in [0.15, 0.2) is 24.3 Å². The van der Waals surface area contributed by atoms with Crippen LogP contribution in [-0.2, 0) is 11.2 Å². The van der Waals surface area contributed by atoms with Gasteiger partial charge in [-0.3, -0.25) is 4.79 Å². The number of amides is 1. The number of thiol groups is 1. The Morgan fingerprint density at radius 2 is 2.20 bits per heavy atom. The number of hydrogen-bond acceptors (Lipinski definition) is 3. The summed E-state index contributed by atoms with van der Waals surface area (Å²) in [6.45, 7) is 0.611. The van der Waals surface area contributed by atoms with Gasteiger partial charge in [0.1, 0.15) is 5.75 Å². The normalized spacial score (nSPS) is 9.73. The number of carbonyl (C=O) groups excluding carboxylic acids is 1. The number of para-hydroxylation sites is 1. The predicted molar refractivity (Wildman–Crippen MR) is 63.6 cm³/mol. The third kappa shape index (κ3) is 3.83. The maximum absolute atomic E-state index is 10.9. The van der Waals surface area contributed by atoms with E-state index in [2.05, 4.69) is 17.9 Å². The van der Waals surface area contributed by atoms with Crippen LogP contribution in [0.5, 0.6) is 5.75 Å². The number of ether oxygens (including phenoxy) is 1. The molecular weight excluding hydrogens is 210 g/mol. The Bertz CT molecular complexity index is 328. The number of hydrogen-bond donors (Lipinski definition) is 2. The molecule has 1 aromatic carbocycles. The van der Waals surface area contributed by atoms with Crippen molar-refractivity contribution in [1.82, 2.24) is 5.32 Å². The molecule has 0 aromatic heterocycles. The molecule has 0 saturated heterocycles. The summed E-state index contributed by atoms with van der Waals surface area (Å²) >= 11 is 3.88. The van der Waals surface area contributed by atoms with Gasteiger partial charge in [0, 0.05) is 6.54 Å². The molecule has 0 aliphatic carbocycles. The average Bonchev–Trinajstić information content (AvgIpc) is 2.29. The summed E-state index contributed by atoms with van der Waals surface area (Å²) < 4.78 is 5.20. The number of rotatable bonds is 5. The molecule has 15 heavy (non-hydrogen) atoms. The molecule has 1 aromatic rings. The fraction of sp³-hybridized carbons (Fsp3) is 0.364. The first-order chi connectivity index (χ1) is 7.27. The van der Waals surface area contributed by atoms with Crippen LogP contribution < -0.4 is 10.1 Å². The highest BCUT2D eigenvalue weighted by atomic mass is 32.1. The van der Waals surface area contributed by atoms with E-state index < -0.39 is 0 Å². The third-order valence-electron chi connectivity index (χ3n) is 2.05. The van der Waals surface area contributed by atoms with Crippen LogP contribution in [0.3, 0.4) is 0 Å². The fourth-order valence-corrected chi connectivity index (χ4v) is 1.41. The van der Waals surface area contributed by atoms with Crippen LogP contribution in [0, 0.1) is 0 Å². The molecule has 0 heterocycles. The number of nitrogens with one attached hydrogen (secondary N) is 1. The van der Waals surface area contributed by atoms with Crippen LogP contribution in [0.4, 0.5) is 0 Å². The molecule has 0 bridgehead atoms. The molecule has 0 fully saturated rings. The van der Waals surface area contributed by atoms with Crippen molar-refractivity contribution in [2.75, 3.05) is 19.4 Å². The Hall–Kier alpha value is -1.16. The minimum atomic E-state index is -0.0479. The Balaban J connectivity index is 2.46. The van der Waals surface area contributed by atoms with E-state index in [1.54, 1.807) is 7.11 Å². The van der Waals surface area contributed by atoms with Crippen LogP contribution in [0.2, 0.25) is 0 Å². The van der Waals surface area contributed by atoms with Crippen molar-refractivity contribution >= 4 is 18.5 Å². The highest BCUT2D eigenvalue weighted by Gasteiger charge is 2.02. The Labute approximate surface area is 95.2 Å². The van der Waals surface area contributed by atoms with E-state index in [0.717, 1.165) is 17.7 Å². The van der Waals surface area contributed by atoms with Gasteiger partial charge in [-0.1, -0.05) is 18.2 Å². The molecule has 1 amide bonds. The molecule has 3 nitrogen and oxygen atoms in total. The zero-order valence-corrected chi connectivity index (χ0v) is 9.59. The maximum Gasteiger partial charge on any atom is 0.229 e. The molecule has 4 heteroatoms. The average molecular weight is 225 g/mol. The number of methoxy groups -OCH3 is 1. The molecule has 0 radical (unpaired) electrons. The second-order valence-electron chi connectivity index (χ2n) is 3.07. The van der Waals surface area contributed by atoms with Crippen LogP contribution >= 0.6 is 12.6 Å². The molecule has 1 N–H and O–H groups in total. The van der Waals surface area contributed by atoms with Crippen molar-refractivity contribution in [3.8, 4) is 5.75 Å². The van der Waals surface area contributed by atoms with Gasteiger partial charge in [0.2, 0.25) is 5.91 Å². The van der Waals surface area contributed by atoms with E-state index in [-0.39, 0.29) is 11.7 Å². The summed E-state index contributed by atoms with van der Waals surface area (Å²) in [7, 11) is 1.64. The van der Waals surface area contributed by atoms with Crippen molar-refractivity contribution in [1.29, 1.82) is 0 Å². The minimum Gasteiger partial charge on any atom is -0.496 e. The smallest absolute Gasteiger partial charge is 0.229 e. The molecule has 0 aliphatic heterocycles. The van der Waals surface area contributed by atoms with E-state index in [4.69, 9.17) is 4.74 Å². The van der Waals surface area contributed by atoms with Crippen molar-refractivity contribution < 1.29 is 9.53 Å². The van der Waals surface area contributed by atoms with E-state index >= 15 is 0 Å². The van der Waals surface area contributed by atoms with Crippen LogP contribution in [-0.4, -0.2) is 25.3 Å². The molecule has 1 rings (SSSR count). The minimum absolute atomic E-state index is 0.0479. The SMILES string of the molecule is COc1ccccc1CCNC(=O)CS. The van der Waals surface area contributed by atoms with Crippen molar-refractivity contribution in [2.24, 2.45) is 0 Å². The second kappa shape index (κ2) is 6.35. The van der Waals surface area contributed by atoms with E-state index in [1.165, 1.54) is 0 Å². The summed E-state index contributed by atoms with van der Waals surface area (Å²) in [5.74, 6) is 1.04. The highest BCUT2D eigenvalue weighted by Crippen LogP contribution is 2.17. The van der Waals surface area contributed by atoms with Gasteiger partial charge in [-0.2, -0.15) is 12.6 Å². The maximum atomic E-state index is 10.9. The van der Waals surface area contributed by atoms with Gasteiger partial charge in [0.05, 0.1) is 12.9 Å². The molecule has 0 saturated carbocycles. The summed E-state index contributed by atoms with van der Waals surface area (Å²) in [5, 5.41) is 2.76. The van der Waals surface area contributed by atoms with Gasteiger partial charge >= 0.3 is 0 Å². The summed E-state index contributed by atoms with van der Waals surface area (Å²) in [5.41, 5.74) is 1.10. The predicted octanol–water partition coefficient (Wildman–Crippen LogP) is 1.28. The quantitative estimate of drug-likeness (QED) is 0.741. The van der Waals surface area contributed by atoms with Crippen molar-refractivity contribution in [3.05, 3.63) is 29.8 Å². The first-order valence-electron chi connectivity index (χ1n) is 4.77. The number of benzene rings is 1. The van der Waals surface area contributed by atoms with Crippen molar-refractivity contribution in [3.63, 3.8) is 0 Å². The second-order valence-corrected chi connectivity index (χ2v) is 3.39. The van der Waals surface area contributed by atoms with Crippen LogP contribution in [0.1, 0.15) is 5.56 Å².